The van der Waals surface area contributed by atoms with E-state index in [0.717, 1.165) is 9.88 Å². The van der Waals surface area contributed by atoms with E-state index in [4.69, 9.17) is 12.2 Å². The molecule has 0 saturated carbocycles. The number of anilines is 1. The van der Waals surface area contributed by atoms with Gasteiger partial charge in [-0.05, 0) is 43.2 Å². The lowest BCUT2D eigenvalue weighted by atomic mass is 9.78. The number of benzene rings is 1. The second-order valence-corrected chi connectivity index (χ2v) is 9.05. The van der Waals surface area contributed by atoms with Gasteiger partial charge in [-0.2, -0.15) is 0 Å². The van der Waals surface area contributed by atoms with Crippen molar-refractivity contribution in [3.63, 3.8) is 0 Å². The quantitative estimate of drug-likeness (QED) is 0.523. The molecule has 2 atom stereocenters. The molecule has 1 amide bonds. The molecule has 2 aliphatic rings. The molecule has 5 heteroatoms. The van der Waals surface area contributed by atoms with Gasteiger partial charge in [-0.25, -0.2) is 0 Å². The van der Waals surface area contributed by atoms with Crippen molar-refractivity contribution in [2.45, 2.75) is 44.4 Å². The molecule has 1 aromatic rings. The van der Waals surface area contributed by atoms with E-state index in [1.54, 1.807) is 17.7 Å². The van der Waals surface area contributed by atoms with Crippen LogP contribution >= 0.6 is 33.8 Å². The SMILES string of the molecule is CC(=O)N1c2ccc(C)cc2C2C(=S)SSC2C1(C)C. The highest BCUT2D eigenvalue weighted by atomic mass is 33.1. The minimum atomic E-state index is -0.225. The molecule has 0 N–H and O–H groups in total. The van der Waals surface area contributed by atoms with Crippen molar-refractivity contribution < 1.29 is 4.79 Å². The number of nitrogens with zero attached hydrogens (tertiary/aromatic N) is 1. The number of fused-ring (bicyclic) bond motifs is 3. The second kappa shape index (κ2) is 4.75. The fraction of sp³-hybridized carbons (Fsp3) is 0.467. The largest absolute Gasteiger partial charge is 0.306 e. The van der Waals surface area contributed by atoms with Gasteiger partial charge in [0.1, 0.15) is 0 Å². The predicted octanol–water partition coefficient (Wildman–Crippen LogP) is 4.31. The number of hydrogen-bond acceptors (Lipinski definition) is 4. The zero-order chi connectivity index (χ0) is 14.7. The Labute approximate surface area is 133 Å². The van der Waals surface area contributed by atoms with Crippen molar-refractivity contribution in [2.24, 2.45) is 0 Å². The van der Waals surface area contributed by atoms with Crippen LogP contribution in [0.2, 0.25) is 0 Å². The van der Waals surface area contributed by atoms with E-state index in [1.165, 1.54) is 11.1 Å². The van der Waals surface area contributed by atoms with Gasteiger partial charge in [-0.15, -0.1) is 0 Å². The van der Waals surface area contributed by atoms with Crippen molar-refractivity contribution in [2.75, 3.05) is 4.90 Å². The molecular weight excluding hydrogens is 306 g/mol. The average Bonchev–Trinajstić information content (AvgIpc) is 2.73. The van der Waals surface area contributed by atoms with Crippen LogP contribution in [-0.4, -0.2) is 20.9 Å². The second-order valence-electron chi connectivity index (χ2n) is 5.97. The topological polar surface area (TPSA) is 20.3 Å². The normalized spacial score (nSPS) is 27.2. The number of amides is 1. The third kappa shape index (κ3) is 1.94. The van der Waals surface area contributed by atoms with E-state index >= 15 is 0 Å². The van der Waals surface area contributed by atoms with Crippen molar-refractivity contribution in [1.82, 2.24) is 0 Å². The average molecular weight is 324 g/mol. The molecule has 2 unspecified atom stereocenters. The summed E-state index contributed by atoms with van der Waals surface area (Å²) in [6.45, 7) is 8.04. The van der Waals surface area contributed by atoms with E-state index in [0.29, 0.717) is 5.25 Å². The Morgan fingerprint density at radius 1 is 1.40 bits per heavy atom. The van der Waals surface area contributed by atoms with Gasteiger partial charge in [0.15, 0.2) is 0 Å². The summed E-state index contributed by atoms with van der Waals surface area (Å²) in [5, 5.41) is 0.318. The fourth-order valence-electron chi connectivity index (χ4n) is 3.29. The summed E-state index contributed by atoms with van der Waals surface area (Å²) in [5.41, 5.74) is 3.24. The van der Waals surface area contributed by atoms with Gasteiger partial charge in [0.05, 0.1) is 15.0 Å². The van der Waals surface area contributed by atoms with Crippen molar-refractivity contribution in [3.05, 3.63) is 29.3 Å². The lowest BCUT2D eigenvalue weighted by Gasteiger charge is -2.48. The molecule has 1 fully saturated rings. The standard InChI is InChI=1S/C15H17NOS3/c1-8-5-6-11-10(7-8)12-13(19-20-14(12)18)15(3,4)16(11)9(2)17/h5-7,12-13H,1-4H3. The van der Waals surface area contributed by atoms with Crippen LogP contribution in [0.4, 0.5) is 5.69 Å². The van der Waals surface area contributed by atoms with E-state index in [1.807, 2.05) is 15.7 Å². The Hall–Kier alpha value is -0.520. The van der Waals surface area contributed by atoms with Gasteiger partial charge in [0, 0.05) is 18.5 Å². The molecule has 1 saturated heterocycles. The summed E-state index contributed by atoms with van der Waals surface area (Å²) in [6.07, 6.45) is 0. The maximum absolute atomic E-state index is 12.2. The van der Waals surface area contributed by atoms with Crippen LogP contribution in [-0.2, 0) is 4.79 Å². The summed E-state index contributed by atoms with van der Waals surface area (Å²) in [6, 6.07) is 6.33. The number of carbonyl (C=O) groups excluding carboxylic acids is 1. The van der Waals surface area contributed by atoms with Crippen molar-refractivity contribution in [3.8, 4) is 0 Å². The molecule has 1 aromatic carbocycles. The van der Waals surface area contributed by atoms with Gasteiger partial charge in [-0.3, -0.25) is 4.79 Å². The van der Waals surface area contributed by atoms with Crippen LogP contribution in [0.1, 0.15) is 37.8 Å². The lowest BCUT2D eigenvalue weighted by Crippen LogP contribution is -2.58. The summed E-state index contributed by atoms with van der Waals surface area (Å²) in [5.74, 6) is 0.363. The van der Waals surface area contributed by atoms with Crippen molar-refractivity contribution >= 4 is 49.6 Å². The van der Waals surface area contributed by atoms with Gasteiger partial charge in [0.2, 0.25) is 5.91 Å². The first-order chi connectivity index (χ1) is 9.34. The van der Waals surface area contributed by atoms with Crippen molar-refractivity contribution in [1.29, 1.82) is 0 Å². The fourth-order valence-corrected chi connectivity index (χ4v) is 7.32. The first kappa shape index (κ1) is 14.4. The summed E-state index contributed by atoms with van der Waals surface area (Å²) in [4.78, 5) is 14.2. The molecule has 0 aromatic heterocycles. The Kier molecular flexibility index (Phi) is 3.42. The molecule has 2 nitrogen and oxygen atoms in total. The lowest BCUT2D eigenvalue weighted by molar-refractivity contribution is -0.117. The predicted molar refractivity (Wildman–Crippen MR) is 92.7 cm³/mol. The molecule has 106 valence electrons. The minimum Gasteiger partial charge on any atom is -0.306 e. The van der Waals surface area contributed by atoms with E-state index < -0.39 is 0 Å². The maximum Gasteiger partial charge on any atom is 0.224 e. The van der Waals surface area contributed by atoms with E-state index in [2.05, 4.69) is 39.0 Å². The first-order valence-corrected chi connectivity index (χ1v) is 9.24. The number of hydrogen-bond donors (Lipinski definition) is 0. The Bertz CT molecular complexity index is 611. The van der Waals surface area contributed by atoms with Gasteiger partial charge in [0.25, 0.3) is 0 Å². The van der Waals surface area contributed by atoms with Crippen LogP contribution < -0.4 is 4.90 Å². The monoisotopic (exact) mass is 323 g/mol. The van der Waals surface area contributed by atoms with Crippen LogP contribution in [0.25, 0.3) is 0 Å². The molecule has 0 spiro atoms. The molecule has 20 heavy (non-hydrogen) atoms. The smallest absolute Gasteiger partial charge is 0.224 e. The summed E-state index contributed by atoms with van der Waals surface area (Å²) in [7, 11) is 3.51. The number of aryl methyl sites for hydroxylation is 1. The highest BCUT2D eigenvalue weighted by molar-refractivity contribution is 8.84. The molecular formula is C15H17NOS3. The highest BCUT2D eigenvalue weighted by Crippen LogP contribution is 2.59. The Morgan fingerprint density at radius 2 is 2.10 bits per heavy atom. The minimum absolute atomic E-state index is 0.0990. The number of thiocarbonyl (C=S) groups is 1. The van der Waals surface area contributed by atoms with Crippen LogP contribution in [0.15, 0.2) is 18.2 Å². The van der Waals surface area contributed by atoms with E-state index in [9.17, 15) is 4.79 Å². The molecule has 3 rings (SSSR count). The Balaban J connectivity index is 2.27. The zero-order valence-electron chi connectivity index (χ0n) is 12.0. The van der Waals surface area contributed by atoms with Gasteiger partial charge < -0.3 is 4.90 Å². The molecule has 0 aliphatic carbocycles. The van der Waals surface area contributed by atoms with Crippen LogP contribution in [0.5, 0.6) is 0 Å². The molecule has 2 heterocycles. The third-order valence-corrected chi connectivity index (χ3v) is 7.98. The van der Waals surface area contributed by atoms with E-state index in [-0.39, 0.29) is 17.4 Å². The highest BCUT2D eigenvalue weighted by Gasteiger charge is 2.53. The van der Waals surface area contributed by atoms with Crippen LogP contribution in [0.3, 0.4) is 0 Å². The molecule has 0 radical (unpaired) electrons. The third-order valence-electron chi connectivity index (χ3n) is 4.14. The first-order valence-electron chi connectivity index (χ1n) is 6.62. The number of rotatable bonds is 0. The molecule has 0 bridgehead atoms. The zero-order valence-corrected chi connectivity index (χ0v) is 14.4. The number of carbonyl (C=O) groups is 1. The summed E-state index contributed by atoms with van der Waals surface area (Å²) >= 11 is 5.58. The summed E-state index contributed by atoms with van der Waals surface area (Å²) < 4.78 is 1.04. The van der Waals surface area contributed by atoms with Gasteiger partial charge >= 0.3 is 0 Å². The Morgan fingerprint density at radius 3 is 2.75 bits per heavy atom. The van der Waals surface area contributed by atoms with Crippen LogP contribution in [0, 0.1) is 6.92 Å². The van der Waals surface area contributed by atoms with Gasteiger partial charge in [-0.1, -0.05) is 40.7 Å². The maximum atomic E-state index is 12.2. The molecule has 2 aliphatic heterocycles.